The van der Waals surface area contributed by atoms with E-state index in [1.165, 1.54) is 58.0 Å². The van der Waals surface area contributed by atoms with E-state index in [0.29, 0.717) is 0 Å². The number of aliphatic hydroxyl groups excluding tert-OH is 1. The molecular weight excluding hydrogens is 248 g/mol. The van der Waals surface area contributed by atoms with Gasteiger partial charge in [-0.15, -0.1) is 0 Å². The van der Waals surface area contributed by atoms with E-state index in [0.717, 1.165) is 24.8 Å². The van der Waals surface area contributed by atoms with Crippen molar-refractivity contribution in [2.24, 2.45) is 5.92 Å². The maximum Gasteiger partial charge on any atom is 0.0613 e. The molecule has 3 atom stereocenters. The number of likely N-dealkylation sites (N-methyl/N-ethyl adjacent to an activating group) is 1. The molecule has 3 nitrogen and oxygen atoms in total. The largest absolute Gasteiger partial charge is 0.394 e. The summed E-state index contributed by atoms with van der Waals surface area (Å²) in [7, 11) is 1.98. The second-order valence-corrected chi connectivity index (χ2v) is 6.94. The van der Waals surface area contributed by atoms with Gasteiger partial charge in [0.25, 0.3) is 0 Å². The second-order valence-electron chi connectivity index (χ2n) is 6.94. The van der Waals surface area contributed by atoms with Crippen molar-refractivity contribution in [3.63, 3.8) is 0 Å². The Kier molecular flexibility index (Phi) is 6.31. The van der Waals surface area contributed by atoms with E-state index < -0.39 is 0 Å². The zero-order valence-electron chi connectivity index (χ0n) is 13.5. The number of aliphatic hydroxyl groups is 1. The number of hydrogen-bond donors (Lipinski definition) is 2. The molecule has 2 rings (SSSR count). The molecule has 2 N–H and O–H groups in total. The predicted octanol–water partition coefficient (Wildman–Crippen LogP) is 2.78. The van der Waals surface area contributed by atoms with Gasteiger partial charge >= 0.3 is 0 Å². The third kappa shape index (κ3) is 3.75. The van der Waals surface area contributed by atoms with Crippen LogP contribution in [0.5, 0.6) is 0 Å². The van der Waals surface area contributed by atoms with Gasteiger partial charge < -0.3 is 15.3 Å². The second kappa shape index (κ2) is 7.77. The van der Waals surface area contributed by atoms with Gasteiger partial charge in [-0.1, -0.05) is 19.8 Å². The van der Waals surface area contributed by atoms with E-state index in [2.05, 4.69) is 17.1 Å². The van der Waals surface area contributed by atoms with E-state index in [1.807, 2.05) is 7.05 Å². The van der Waals surface area contributed by atoms with E-state index >= 15 is 0 Å². The van der Waals surface area contributed by atoms with Gasteiger partial charge in [-0.2, -0.15) is 0 Å². The molecule has 1 unspecified atom stereocenters. The lowest BCUT2D eigenvalue weighted by atomic mass is 9.78. The van der Waals surface area contributed by atoms with Crippen LogP contribution in [0.2, 0.25) is 0 Å². The standard InChI is InChI=1S/C17H34N2O/c1-3-17(14-20,18-2)11-7-13-19-12-6-9-15-8-4-5-10-16(15)19/h15-16,18,20H,3-14H2,1-2H3/t15-,16-,17?/m1/s1. The predicted molar refractivity (Wildman–Crippen MR) is 85.0 cm³/mol. The van der Waals surface area contributed by atoms with Crippen LogP contribution < -0.4 is 5.32 Å². The Balaban J connectivity index is 1.80. The highest BCUT2D eigenvalue weighted by Gasteiger charge is 2.33. The van der Waals surface area contributed by atoms with Gasteiger partial charge in [-0.25, -0.2) is 0 Å². The Bertz CT molecular complexity index is 268. The fourth-order valence-corrected chi connectivity index (χ4v) is 4.37. The van der Waals surface area contributed by atoms with Crippen molar-refractivity contribution >= 4 is 0 Å². The number of piperidine rings is 1. The summed E-state index contributed by atoms with van der Waals surface area (Å²) in [5.74, 6) is 0.982. The highest BCUT2D eigenvalue weighted by Crippen LogP contribution is 2.35. The lowest BCUT2D eigenvalue weighted by Gasteiger charge is -2.44. The topological polar surface area (TPSA) is 35.5 Å². The number of hydrogen-bond acceptors (Lipinski definition) is 3. The van der Waals surface area contributed by atoms with Gasteiger partial charge in [0, 0.05) is 11.6 Å². The molecule has 0 amide bonds. The van der Waals surface area contributed by atoms with Crippen molar-refractivity contribution in [1.29, 1.82) is 0 Å². The summed E-state index contributed by atoms with van der Waals surface area (Å²) in [4.78, 5) is 2.76. The molecule has 2 aliphatic rings. The van der Waals surface area contributed by atoms with Gasteiger partial charge in [0.15, 0.2) is 0 Å². The molecule has 0 radical (unpaired) electrons. The zero-order chi connectivity index (χ0) is 14.4. The van der Waals surface area contributed by atoms with E-state index in [9.17, 15) is 5.11 Å². The van der Waals surface area contributed by atoms with Crippen molar-refractivity contribution in [3.05, 3.63) is 0 Å². The zero-order valence-corrected chi connectivity index (χ0v) is 13.5. The van der Waals surface area contributed by atoms with Crippen LogP contribution in [0.4, 0.5) is 0 Å². The van der Waals surface area contributed by atoms with E-state index in [4.69, 9.17) is 0 Å². The molecule has 0 bridgehead atoms. The number of nitrogens with zero attached hydrogens (tertiary/aromatic N) is 1. The molecule has 3 heteroatoms. The van der Waals surface area contributed by atoms with Crippen LogP contribution in [0.3, 0.4) is 0 Å². The first-order valence-electron chi connectivity index (χ1n) is 8.78. The Morgan fingerprint density at radius 1 is 1.20 bits per heavy atom. The molecular formula is C17H34N2O. The Labute approximate surface area is 125 Å². The SMILES string of the molecule is CCC(CO)(CCCN1CCC[C@H]2CCCC[C@H]21)NC. The van der Waals surface area contributed by atoms with Gasteiger partial charge in [-0.3, -0.25) is 0 Å². The molecule has 0 aromatic rings. The van der Waals surface area contributed by atoms with Crippen molar-refractivity contribution in [2.75, 3.05) is 26.7 Å². The van der Waals surface area contributed by atoms with Crippen LogP contribution in [0.1, 0.15) is 64.7 Å². The first kappa shape index (κ1) is 16.3. The third-order valence-electron chi connectivity index (χ3n) is 5.97. The highest BCUT2D eigenvalue weighted by atomic mass is 16.3. The molecule has 0 aromatic heterocycles. The Morgan fingerprint density at radius 2 is 1.95 bits per heavy atom. The molecule has 2 fully saturated rings. The number of likely N-dealkylation sites (tertiary alicyclic amines) is 1. The third-order valence-corrected chi connectivity index (χ3v) is 5.97. The molecule has 1 saturated heterocycles. The minimum atomic E-state index is -0.0538. The van der Waals surface area contributed by atoms with Crippen LogP contribution in [0, 0.1) is 5.92 Å². The average molecular weight is 282 g/mol. The lowest BCUT2D eigenvalue weighted by molar-refractivity contribution is 0.0553. The summed E-state index contributed by atoms with van der Waals surface area (Å²) in [5.41, 5.74) is -0.0538. The summed E-state index contributed by atoms with van der Waals surface area (Å²) in [6.07, 6.45) is 11.9. The normalized spacial score (nSPS) is 30.8. The Morgan fingerprint density at radius 3 is 2.65 bits per heavy atom. The van der Waals surface area contributed by atoms with Crippen LogP contribution in [0.15, 0.2) is 0 Å². The average Bonchev–Trinajstić information content (AvgIpc) is 2.52. The van der Waals surface area contributed by atoms with Crippen LogP contribution in [-0.2, 0) is 0 Å². The smallest absolute Gasteiger partial charge is 0.0613 e. The monoisotopic (exact) mass is 282 g/mol. The van der Waals surface area contributed by atoms with Crippen LogP contribution >= 0.6 is 0 Å². The maximum atomic E-state index is 9.62. The molecule has 1 aliphatic heterocycles. The van der Waals surface area contributed by atoms with E-state index in [1.54, 1.807) is 0 Å². The van der Waals surface area contributed by atoms with Gasteiger partial charge in [0.05, 0.1) is 6.61 Å². The minimum absolute atomic E-state index is 0.0538. The van der Waals surface area contributed by atoms with Gasteiger partial charge in [0.2, 0.25) is 0 Å². The summed E-state index contributed by atoms with van der Waals surface area (Å²) in [5, 5.41) is 13.0. The van der Waals surface area contributed by atoms with Crippen molar-refractivity contribution in [3.8, 4) is 0 Å². The first-order valence-corrected chi connectivity index (χ1v) is 8.78. The summed E-state index contributed by atoms with van der Waals surface area (Å²) >= 11 is 0. The van der Waals surface area contributed by atoms with E-state index in [-0.39, 0.29) is 12.1 Å². The van der Waals surface area contributed by atoms with Gasteiger partial charge in [-0.05, 0) is 71.0 Å². The number of rotatable bonds is 7. The molecule has 1 saturated carbocycles. The van der Waals surface area contributed by atoms with Gasteiger partial charge in [0.1, 0.15) is 0 Å². The summed E-state index contributed by atoms with van der Waals surface area (Å²) in [6, 6.07) is 0.872. The molecule has 20 heavy (non-hydrogen) atoms. The lowest BCUT2D eigenvalue weighted by Crippen LogP contribution is -2.49. The first-order chi connectivity index (χ1) is 9.74. The van der Waals surface area contributed by atoms with Crippen LogP contribution in [-0.4, -0.2) is 48.3 Å². The summed E-state index contributed by atoms with van der Waals surface area (Å²) in [6.45, 7) is 4.96. The van der Waals surface area contributed by atoms with Crippen molar-refractivity contribution in [1.82, 2.24) is 10.2 Å². The Hall–Kier alpha value is -0.120. The fourth-order valence-electron chi connectivity index (χ4n) is 4.37. The molecule has 1 aliphatic carbocycles. The molecule has 0 spiro atoms. The number of fused-ring (bicyclic) bond motifs is 1. The molecule has 0 aromatic carbocycles. The maximum absolute atomic E-state index is 9.62. The van der Waals surface area contributed by atoms with Crippen molar-refractivity contribution < 1.29 is 5.11 Å². The highest BCUT2D eigenvalue weighted by molar-refractivity contribution is 4.89. The molecule has 118 valence electrons. The fraction of sp³-hybridized carbons (Fsp3) is 1.00. The molecule has 1 heterocycles. The summed E-state index contributed by atoms with van der Waals surface area (Å²) < 4.78 is 0. The minimum Gasteiger partial charge on any atom is -0.394 e. The quantitative estimate of drug-likeness (QED) is 0.754. The van der Waals surface area contributed by atoms with Crippen LogP contribution in [0.25, 0.3) is 0 Å². The number of nitrogens with one attached hydrogen (secondary N) is 1. The van der Waals surface area contributed by atoms with Crippen molar-refractivity contribution in [2.45, 2.75) is 76.3 Å².